The highest BCUT2D eigenvalue weighted by atomic mass is 16.1. The molecule has 2 aromatic heterocycles. The van der Waals surface area contributed by atoms with Gasteiger partial charge in [-0.05, 0) is 39.6 Å². The van der Waals surface area contributed by atoms with Crippen LogP contribution in [0.5, 0.6) is 0 Å². The zero-order chi connectivity index (χ0) is 24.0. The summed E-state index contributed by atoms with van der Waals surface area (Å²) in [6.07, 6.45) is 6.78. The second-order valence-corrected chi connectivity index (χ2v) is 8.37. The topological polar surface area (TPSA) is 81.4 Å². The van der Waals surface area contributed by atoms with Crippen molar-refractivity contribution in [3.05, 3.63) is 125 Å². The maximum atomic E-state index is 13.3. The van der Waals surface area contributed by atoms with Crippen molar-refractivity contribution in [3.63, 3.8) is 0 Å². The van der Waals surface area contributed by atoms with Crippen molar-refractivity contribution in [2.75, 3.05) is 0 Å². The third kappa shape index (κ3) is 4.89. The molecule has 2 heterocycles. The van der Waals surface area contributed by atoms with Gasteiger partial charge in [0.05, 0.1) is 13.1 Å². The molecule has 0 amide bonds. The highest BCUT2D eigenvalue weighted by molar-refractivity contribution is 5.80. The molecule has 35 heavy (non-hydrogen) atoms. The molecule has 0 radical (unpaired) electrons. The number of aromatic amines is 1. The Labute approximate surface area is 203 Å². The first-order chi connectivity index (χ1) is 17.2. The van der Waals surface area contributed by atoms with Gasteiger partial charge in [0.15, 0.2) is 5.82 Å². The highest BCUT2D eigenvalue weighted by Crippen LogP contribution is 2.29. The van der Waals surface area contributed by atoms with Crippen molar-refractivity contribution >= 4 is 0 Å². The zero-order valence-electron chi connectivity index (χ0n) is 19.5. The summed E-state index contributed by atoms with van der Waals surface area (Å²) in [6.45, 7) is 3.07. The maximum absolute atomic E-state index is 13.3. The zero-order valence-corrected chi connectivity index (χ0v) is 19.5. The molecule has 0 unspecified atom stereocenters. The van der Waals surface area contributed by atoms with E-state index in [4.69, 9.17) is 0 Å². The lowest BCUT2D eigenvalue weighted by Gasteiger charge is -2.10. The van der Waals surface area contributed by atoms with E-state index in [1.54, 1.807) is 4.57 Å². The third-order valence-electron chi connectivity index (χ3n) is 6.02. The van der Waals surface area contributed by atoms with Gasteiger partial charge in [0.2, 0.25) is 0 Å². The molecule has 174 valence electrons. The Balaban J connectivity index is 1.43. The van der Waals surface area contributed by atoms with E-state index >= 15 is 0 Å². The minimum absolute atomic E-state index is 0.000553. The average molecular weight is 463 g/mol. The first-order valence-electron chi connectivity index (χ1n) is 11.6. The quantitative estimate of drug-likeness (QED) is 0.339. The number of benzene rings is 3. The van der Waals surface area contributed by atoms with Crippen LogP contribution in [0.4, 0.5) is 0 Å². The van der Waals surface area contributed by atoms with E-state index in [0.29, 0.717) is 25.3 Å². The minimum atomic E-state index is 0.000553. The fourth-order valence-electron chi connectivity index (χ4n) is 4.23. The van der Waals surface area contributed by atoms with E-state index in [-0.39, 0.29) is 5.69 Å². The summed E-state index contributed by atoms with van der Waals surface area (Å²) in [5, 5.41) is 14.3. The Morgan fingerprint density at radius 3 is 2.29 bits per heavy atom. The normalized spacial score (nSPS) is 11.3. The molecule has 0 aliphatic heterocycles. The van der Waals surface area contributed by atoms with E-state index < -0.39 is 0 Å². The third-order valence-corrected chi connectivity index (χ3v) is 6.02. The van der Waals surface area contributed by atoms with Crippen molar-refractivity contribution in [3.8, 4) is 22.5 Å². The Morgan fingerprint density at radius 1 is 0.857 bits per heavy atom. The van der Waals surface area contributed by atoms with Crippen LogP contribution in [0.1, 0.15) is 23.7 Å². The first-order valence-corrected chi connectivity index (χ1v) is 11.6. The summed E-state index contributed by atoms with van der Waals surface area (Å²) in [5.74, 6) is 0.629. The monoisotopic (exact) mass is 462 g/mol. The van der Waals surface area contributed by atoms with Gasteiger partial charge in [-0.15, -0.1) is 5.10 Å². The lowest BCUT2D eigenvalue weighted by atomic mass is 9.98. The predicted octanol–water partition coefficient (Wildman–Crippen LogP) is 4.71. The van der Waals surface area contributed by atoms with Gasteiger partial charge in [0, 0.05) is 23.9 Å². The molecule has 1 N–H and O–H groups in total. The summed E-state index contributed by atoms with van der Waals surface area (Å²) < 4.78 is 3.66. The van der Waals surface area contributed by atoms with Crippen LogP contribution in [0.2, 0.25) is 0 Å². The number of allylic oxidation sites excluding steroid dienone is 2. The van der Waals surface area contributed by atoms with E-state index in [2.05, 4.69) is 57.0 Å². The smallest absolute Gasteiger partial charge is 0.295 e. The number of H-pyrrole nitrogens is 1. The predicted molar refractivity (Wildman–Crippen MR) is 137 cm³/mol. The van der Waals surface area contributed by atoms with Gasteiger partial charge in [0.1, 0.15) is 0 Å². The number of hydrogen-bond donors (Lipinski definition) is 1. The summed E-state index contributed by atoms with van der Waals surface area (Å²) in [4.78, 5) is 13.3. The number of aromatic nitrogens is 6. The molecule has 0 atom stereocenters. The van der Waals surface area contributed by atoms with Crippen molar-refractivity contribution in [1.82, 2.24) is 29.8 Å². The van der Waals surface area contributed by atoms with Gasteiger partial charge in [-0.25, -0.2) is 9.89 Å². The van der Waals surface area contributed by atoms with E-state index in [1.807, 2.05) is 72.3 Å². The Morgan fingerprint density at radius 2 is 1.57 bits per heavy atom. The van der Waals surface area contributed by atoms with Gasteiger partial charge < -0.3 is 0 Å². The number of imidazole rings is 1. The second-order valence-electron chi connectivity index (χ2n) is 8.37. The van der Waals surface area contributed by atoms with Gasteiger partial charge in [-0.2, -0.15) is 0 Å². The lowest BCUT2D eigenvalue weighted by Crippen LogP contribution is -2.25. The minimum Gasteiger partial charge on any atom is -0.295 e. The number of hydrogen-bond acceptors (Lipinski definition) is 4. The molecule has 0 spiro atoms. The summed E-state index contributed by atoms with van der Waals surface area (Å²) in [7, 11) is 0. The molecule has 0 saturated carbocycles. The van der Waals surface area contributed by atoms with Gasteiger partial charge >= 0.3 is 5.69 Å². The molecule has 0 bridgehead atoms. The standard InChI is InChI=1S/C28H26N6O/c1-2-3-11-24-20-33(18-21-9-5-4-6-10-21)28(35)34(24)19-22-14-16-23(17-15-22)25-12-7-8-13-26(25)27-29-31-32-30-27/h2-10,12-17,20H,11,18-19H2,1H3,(H,29,30,31,32)/b3-2+. The Bertz CT molecular complexity index is 1480. The van der Waals surface area contributed by atoms with Crippen LogP contribution in [0.15, 0.2) is 102 Å². The molecular formula is C28H26N6O. The molecule has 0 aliphatic rings. The van der Waals surface area contributed by atoms with Crippen LogP contribution in [0, 0.1) is 0 Å². The average Bonchev–Trinajstić information content (AvgIpc) is 3.54. The Hall–Kier alpha value is -4.52. The van der Waals surface area contributed by atoms with Crippen molar-refractivity contribution in [2.24, 2.45) is 0 Å². The fraction of sp³-hybridized carbons (Fsp3) is 0.143. The number of rotatable bonds is 8. The van der Waals surface area contributed by atoms with E-state index in [9.17, 15) is 4.79 Å². The van der Waals surface area contributed by atoms with Crippen LogP contribution in [0.3, 0.4) is 0 Å². The van der Waals surface area contributed by atoms with Crippen molar-refractivity contribution < 1.29 is 0 Å². The molecule has 5 rings (SSSR count). The van der Waals surface area contributed by atoms with Crippen LogP contribution in [0.25, 0.3) is 22.5 Å². The highest BCUT2D eigenvalue weighted by Gasteiger charge is 2.13. The van der Waals surface area contributed by atoms with Crippen LogP contribution >= 0.6 is 0 Å². The fourth-order valence-corrected chi connectivity index (χ4v) is 4.23. The van der Waals surface area contributed by atoms with E-state index in [1.165, 1.54) is 0 Å². The number of tetrazole rings is 1. The molecule has 0 fully saturated rings. The molecule has 0 aliphatic carbocycles. The molecule has 7 nitrogen and oxygen atoms in total. The molecule has 7 heteroatoms. The summed E-state index contributed by atoms with van der Waals surface area (Å²) in [5.41, 5.74) is 6.20. The van der Waals surface area contributed by atoms with E-state index in [0.717, 1.165) is 33.5 Å². The van der Waals surface area contributed by atoms with Crippen LogP contribution < -0.4 is 5.69 Å². The van der Waals surface area contributed by atoms with Gasteiger partial charge in [-0.1, -0.05) is 91.0 Å². The molecule has 5 aromatic rings. The second kappa shape index (κ2) is 10.2. The summed E-state index contributed by atoms with van der Waals surface area (Å²) >= 11 is 0. The van der Waals surface area contributed by atoms with Crippen LogP contribution in [-0.2, 0) is 19.5 Å². The molecular weight excluding hydrogens is 436 g/mol. The van der Waals surface area contributed by atoms with Gasteiger partial charge in [0.25, 0.3) is 0 Å². The summed E-state index contributed by atoms with van der Waals surface area (Å²) in [6, 6.07) is 26.4. The maximum Gasteiger partial charge on any atom is 0.328 e. The largest absolute Gasteiger partial charge is 0.328 e. The Kier molecular flexibility index (Phi) is 6.48. The van der Waals surface area contributed by atoms with Crippen molar-refractivity contribution in [2.45, 2.75) is 26.4 Å². The van der Waals surface area contributed by atoms with Gasteiger partial charge in [-0.3, -0.25) is 9.13 Å². The molecule has 3 aromatic carbocycles. The lowest BCUT2D eigenvalue weighted by molar-refractivity contribution is 0.673. The number of nitrogens with one attached hydrogen (secondary N) is 1. The first kappa shape index (κ1) is 22.3. The number of nitrogens with zero attached hydrogens (tertiary/aromatic N) is 5. The van der Waals surface area contributed by atoms with Crippen molar-refractivity contribution in [1.29, 1.82) is 0 Å². The van der Waals surface area contributed by atoms with Crippen LogP contribution in [-0.4, -0.2) is 29.8 Å². The molecule has 0 saturated heterocycles. The SMILES string of the molecule is C/C=C/Cc1cn(Cc2ccccc2)c(=O)n1Cc1ccc(-c2ccccc2-c2nnn[nH]2)cc1.